The van der Waals surface area contributed by atoms with Crippen molar-refractivity contribution in [2.24, 2.45) is 0 Å². The van der Waals surface area contributed by atoms with Crippen molar-refractivity contribution in [1.82, 2.24) is 9.62 Å². The summed E-state index contributed by atoms with van der Waals surface area (Å²) in [7, 11) is 0.676. The number of nitrogens with zero attached hydrogens (tertiary/aromatic N) is 1. The van der Waals surface area contributed by atoms with Crippen molar-refractivity contribution in [2.75, 3.05) is 26.4 Å². The van der Waals surface area contributed by atoms with Crippen molar-refractivity contribution in [3.63, 3.8) is 0 Å². The van der Waals surface area contributed by atoms with E-state index in [1.54, 1.807) is 0 Å². The lowest BCUT2D eigenvalue weighted by molar-refractivity contribution is 0.430. The molecule has 0 aromatic heterocycles. The van der Waals surface area contributed by atoms with Crippen LogP contribution in [0.3, 0.4) is 0 Å². The maximum absolute atomic E-state index is 11.5. The molecule has 1 fully saturated rings. The summed E-state index contributed by atoms with van der Waals surface area (Å²) in [5.74, 6) is 0.191. The van der Waals surface area contributed by atoms with Gasteiger partial charge in [-0.3, -0.25) is 0 Å². The zero-order chi connectivity index (χ0) is 10.6. The third-order valence-electron chi connectivity index (χ3n) is 2.32. The standard InChI is InChI=1S/C9H19N2O2S/c1-11(2)7-8-14(12,13)10-9-5-3-4-6-9/h3,9-10H,4-8H2,1-2H3. The second-order valence-corrected chi connectivity index (χ2v) is 5.91. The molecule has 0 aromatic rings. The first-order chi connectivity index (χ1) is 6.49. The van der Waals surface area contributed by atoms with Gasteiger partial charge >= 0.3 is 0 Å². The summed E-state index contributed by atoms with van der Waals surface area (Å²) in [6, 6.07) is 0.141. The van der Waals surface area contributed by atoms with E-state index in [0.717, 1.165) is 19.3 Å². The van der Waals surface area contributed by atoms with Crippen molar-refractivity contribution >= 4 is 10.0 Å². The number of rotatable bonds is 5. The molecule has 83 valence electrons. The van der Waals surface area contributed by atoms with Gasteiger partial charge in [-0.15, -0.1) is 0 Å². The monoisotopic (exact) mass is 219 g/mol. The van der Waals surface area contributed by atoms with Gasteiger partial charge in [0.05, 0.1) is 5.75 Å². The average molecular weight is 219 g/mol. The minimum Gasteiger partial charge on any atom is -0.308 e. The Morgan fingerprint density at radius 3 is 2.71 bits per heavy atom. The van der Waals surface area contributed by atoms with Crippen molar-refractivity contribution in [3.8, 4) is 0 Å². The molecule has 0 aromatic carbocycles. The quantitative estimate of drug-likeness (QED) is 0.720. The molecule has 4 nitrogen and oxygen atoms in total. The fourth-order valence-corrected chi connectivity index (χ4v) is 2.92. The van der Waals surface area contributed by atoms with Crippen molar-refractivity contribution in [3.05, 3.63) is 6.42 Å². The molecule has 1 atom stereocenters. The number of hydrogen-bond acceptors (Lipinski definition) is 3. The lowest BCUT2D eigenvalue weighted by Crippen LogP contribution is -2.37. The molecule has 0 spiro atoms. The topological polar surface area (TPSA) is 49.4 Å². The van der Waals surface area contributed by atoms with Gasteiger partial charge in [0.1, 0.15) is 0 Å². The third kappa shape index (κ3) is 4.39. The van der Waals surface area contributed by atoms with Crippen LogP contribution in [0.2, 0.25) is 0 Å². The normalized spacial score (nSPS) is 19.4. The van der Waals surface area contributed by atoms with Gasteiger partial charge in [-0.25, -0.2) is 13.1 Å². The highest BCUT2D eigenvalue weighted by Crippen LogP contribution is 2.17. The summed E-state index contributed by atoms with van der Waals surface area (Å²) in [5.41, 5.74) is 0. The Balaban J connectivity index is 2.33. The minimum absolute atomic E-state index is 0.141. The molecule has 0 bridgehead atoms. The molecule has 1 aliphatic carbocycles. The minimum atomic E-state index is -3.07. The van der Waals surface area contributed by atoms with Gasteiger partial charge in [0.15, 0.2) is 0 Å². The average Bonchev–Trinajstić information content (AvgIpc) is 2.53. The first kappa shape index (κ1) is 11.9. The highest BCUT2D eigenvalue weighted by atomic mass is 32.2. The molecule has 1 saturated carbocycles. The summed E-state index contributed by atoms with van der Waals surface area (Å²) < 4.78 is 25.8. The lowest BCUT2D eigenvalue weighted by atomic mass is 10.3. The summed E-state index contributed by atoms with van der Waals surface area (Å²) in [6.45, 7) is 0.575. The molecule has 1 N–H and O–H groups in total. The van der Waals surface area contributed by atoms with Crippen LogP contribution in [0.15, 0.2) is 0 Å². The molecule has 5 heteroatoms. The predicted molar refractivity (Wildman–Crippen MR) is 57.4 cm³/mol. The number of sulfonamides is 1. The fraction of sp³-hybridized carbons (Fsp3) is 0.889. The van der Waals surface area contributed by atoms with Crippen LogP contribution in [0.25, 0.3) is 0 Å². The SMILES string of the molecule is CN(C)CCS(=O)(=O)NC1C[CH]CC1. The lowest BCUT2D eigenvalue weighted by Gasteiger charge is -2.14. The van der Waals surface area contributed by atoms with Gasteiger partial charge in [-0.1, -0.05) is 0 Å². The molecule has 1 unspecified atom stereocenters. The predicted octanol–water partition coefficient (Wildman–Crippen LogP) is 0.224. The highest BCUT2D eigenvalue weighted by Gasteiger charge is 2.21. The third-order valence-corrected chi connectivity index (χ3v) is 3.74. The second-order valence-electron chi connectivity index (χ2n) is 4.04. The number of nitrogens with one attached hydrogen (secondary N) is 1. The van der Waals surface area contributed by atoms with E-state index in [2.05, 4.69) is 11.1 Å². The van der Waals surface area contributed by atoms with Crippen molar-refractivity contribution < 1.29 is 8.42 Å². The maximum Gasteiger partial charge on any atom is 0.213 e. The van der Waals surface area contributed by atoms with Crippen LogP contribution in [-0.2, 0) is 10.0 Å². The van der Waals surface area contributed by atoms with Gasteiger partial charge in [0.25, 0.3) is 0 Å². The van der Waals surface area contributed by atoms with Crippen LogP contribution >= 0.6 is 0 Å². The largest absolute Gasteiger partial charge is 0.308 e. The second kappa shape index (κ2) is 5.09. The van der Waals surface area contributed by atoms with Crippen molar-refractivity contribution in [1.29, 1.82) is 0 Å². The van der Waals surface area contributed by atoms with Crippen LogP contribution < -0.4 is 4.72 Å². The molecule has 0 amide bonds. The van der Waals surface area contributed by atoms with E-state index < -0.39 is 10.0 Å². The molecule has 1 aliphatic rings. The Morgan fingerprint density at radius 2 is 2.21 bits per heavy atom. The molecule has 0 heterocycles. The van der Waals surface area contributed by atoms with Gasteiger partial charge in [0.2, 0.25) is 10.0 Å². The van der Waals surface area contributed by atoms with Crippen LogP contribution in [-0.4, -0.2) is 45.8 Å². The molecular weight excluding hydrogens is 200 g/mol. The molecule has 0 saturated heterocycles. The summed E-state index contributed by atoms with van der Waals surface area (Å²) >= 11 is 0. The van der Waals surface area contributed by atoms with Gasteiger partial charge in [0, 0.05) is 12.6 Å². The zero-order valence-electron chi connectivity index (χ0n) is 8.86. The van der Waals surface area contributed by atoms with E-state index >= 15 is 0 Å². The van der Waals surface area contributed by atoms with Crippen LogP contribution in [0.5, 0.6) is 0 Å². The highest BCUT2D eigenvalue weighted by molar-refractivity contribution is 7.89. The van der Waals surface area contributed by atoms with E-state index in [9.17, 15) is 8.42 Å². The van der Waals surface area contributed by atoms with Gasteiger partial charge in [-0.2, -0.15) is 0 Å². The summed E-state index contributed by atoms with van der Waals surface area (Å²) in [4.78, 5) is 1.88. The Bertz CT molecular complexity index is 256. The number of hydrogen-bond donors (Lipinski definition) is 1. The summed E-state index contributed by atoms with van der Waals surface area (Å²) in [5, 5.41) is 0. The van der Waals surface area contributed by atoms with E-state index in [4.69, 9.17) is 0 Å². The van der Waals surface area contributed by atoms with Gasteiger partial charge < -0.3 is 4.90 Å². The van der Waals surface area contributed by atoms with E-state index in [0.29, 0.717) is 6.54 Å². The molecule has 1 rings (SSSR count). The van der Waals surface area contributed by atoms with E-state index in [1.807, 2.05) is 19.0 Å². The Hall–Kier alpha value is -0.130. The first-order valence-electron chi connectivity index (χ1n) is 4.96. The van der Waals surface area contributed by atoms with Crippen molar-refractivity contribution in [2.45, 2.75) is 25.3 Å². The van der Waals surface area contributed by atoms with E-state index in [-0.39, 0.29) is 11.8 Å². The Kier molecular flexibility index (Phi) is 4.34. The van der Waals surface area contributed by atoms with Gasteiger partial charge in [-0.05, 0) is 39.8 Å². The molecule has 0 aliphatic heterocycles. The molecule has 14 heavy (non-hydrogen) atoms. The fourth-order valence-electron chi connectivity index (χ4n) is 1.48. The zero-order valence-corrected chi connectivity index (χ0v) is 9.68. The summed E-state index contributed by atoms with van der Waals surface area (Å²) in [6.07, 6.45) is 4.99. The van der Waals surface area contributed by atoms with Crippen LogP contribution in [0.1, 0.15) is 19.3 Å². The molecular formula is C9H19N2O2S. The smallest absolute Gasteiger partial charge is 0.213 e. The van der Waals surface area contributed by atoms with Crippen LogP contribution in [0, 0.1) is 6.42 Å². The Labute approximate surface area is 86.7 Å². The van der Waals surface area contributed by atoms with Crippen LogP contribution in [0.4, 0.5) is 0 Å². The molecule has 1 radical (unpaired) electrons. The Morgan fingerprint density at radius 1 is 1.50 bits per heavy atom. The maximum atomic E-state index is 11.5. The van der Waals surface area contributed by atoms with E-state index in [1.165, 1.54) is 0 Å². The first-order valence-corrected chi connectivity index (χ1v) is 6.61.